The highest BCUT2D eigenvalue weighted by Crippen LogP contribution is 2.31. The quantitative estimate of drug-likeness (QED) is 0.339. The van der Waals surface area contributed by atoms with Gasteiger partial charge in [0.2, 0.25) is 0 Å². The minimum absolute atomic E-state index is 0.0157. The monoisotopic (exact) mass is 393 g/mol. The maximum atomic E-state index is 10.8. The first-order valence-electron chi connectivity index (χ1n) is 8.10. The summed E-state index contributed by atoms with van der Waals surface area (Å²) in [6.07, 6.45) is 1.69. The van der Waals surface area contributed by atoms with Gasteiger partial charge in [-0.15, -0.1) is 11.3 Å². The molecule has 3 rings (SSSR count). The standard InChI is InChI=1S/C20H15N3O4S/c1-26-17-7-8-19(27-2)14(10-17)9-15(11-21)20-22-18(12-28-20)13-3-5-16(6-4-13)23(24)25/h3-10,12H,1-2H3. The number of hydrogen-bond donors (Lipinski definition) is 0. The third kappa shape index (κ3) is 4.00. The molecule has 1 aromatic heterocycles. The van der Waals surface area contributed by atoms with Crippen molar-refractivity contribution in [2.24, 2.45) is 0 Å². The van der Waals surface area contributed by atoms with Gasteiger partial charge in [-0.1, -0.05) is 0 Å². The summed E-state index contributed by atoms with van der Waals surface area (Å²) in [4.78, 5) is 14.8. The van der Waals surface area contributed by atoms with Gasteiger partial charge in [0.1, 0.15) is 22.6 Å². The third-order valence-electron chi connectivity index (χ3n) is 3.97. The normalized spacial score (nSPS) is 11.0. The van der Waals surface area contributed by atoms with Crippen LogP contribution in [0, 0.1) is 21.4 Å². The van der Waals surface area contributed by atoms with Crippen molar-refractivity contribution in [2.45, 2.75) is 0 Å². The number of allylic oxidation sites excluding steroid dienone is 1. The summed E-state index contributed by atoms with van der Waals surface area (Å²) < 4.78 is 10.6. The molecule has 7 nitrogen and oxygen atoms in total. The molecule has 0 spiro atoms. The Morgan fingerprint density at radius 3 is 2.57 bits per heavy atom. The minimum atomic E-state index is -0.450. The highest BCUT2D eigenvalue weighted by Gasteiger charge is 2.12. The van der Waals surface area contributed by atoms with Crippen LogP contribution in [0.25, 0.3) is 22.9 Å². The maximum absolute atomic E-state index is 10.8. The van der Waals surface area contributed by atoms with Gasteiger partial charge in [-0.3, -0.25) is 10.1 Å². The molecule has 28 heavy (non-hydrogen) atoms. The van der Waals surface area contributed by atoms with Crippen molar-refractivity contribution in [3.63, 3.8) is 0 Å². The van der Waals surface area contributed by atoms with Gasteiger partial charge in [-0.2, -0.15) is 5.26 Å². The highest BCUT2D eigenvalue weighted by molar-refractivity contribution is 7.11. The van der Waals surface area contributed by atoms with Crippen molar-refractivity contribution in [2.75, 3.05) is 14.2 Å². The van der Waals surface area contributed by atoms with Gasteiger partial charge in [0.25, 0.3) is 5.69 Å². The maximum Gasteiger partial charge on any atom is 0.269 e. The van der Waals surface area contributed by atoms with Crippen LogP contribution in [0.5, 0.6) is 11.5 Å². The number of nitriles is 1. The smallest absolute Gasteiger partial charge is 0.269 e. The van der Waals surface area contributed by atoms with Crippen molar-refractivity contribution < 1.29 is 14.4 Å². The van der Waals surface area contributed by atoms with Crippen molar-refractivity contribution in [1.29, 1.82) is 5.26 Å². The fourth-order valence-electron chi connectivity index (χ4n) is 2.53. The number of hydrogen-bond acceptors (Lipinski definition) is 7. The van der Waals surface area contributed by atoms with Crippen LogP contribution >= 0.6 is 11.3 Å². The van der Waals surface area contributed by atoms with Crippen molar-refractivity contribution >= 4 is 28.7 Å². The summed E-state index contributed by atoms with van der Waals surface area (Å²) in [7, 11) is 3.12. The fraction of sp³-hybridized carbons (Fsp3) is 0.100. The lowest BCUT2D eigenvalue weighted by molar-refractivity contribution is -0.384. The zero-order valence-electron chi connectivity index (χ0n) is 15.1. The second kappa shape index (κ2) is 8.33. The van der Waals surface area contributed by atoms with Crippen LogP contribution in [-0.4, -0.2) is 24.1 Å². The number of rotatable bonds is 6. The average Bonchev–Trinajstić information content (AvgIpc) is 3.21. The molecule has 0 unspecified atom stereocenters. The van der Waals surface area contributed by atoms with E-state index in [1.165, 1.54) is 23.5 Å². The number of nitro benzene ring substituents is 1. The Kier molecular flexibility index (Phi) is 5.67. The second-order valence-corrected chi connectivity index (χ2v) is 6.48. The SMILES string of the molecule is COc1ccc(OC)c(C=C(C#N)c2nc(-c3ccc([N+](=O)[O-])cc3)cs2)c1. The summed E-state index contributed by atoms with van der Waals surface area (Å²) >= 11 is 1.32. The van der Waals surface area contributed by atoms with E-state index in [0.717, 1.165) is 5.56 Å². The van der Waals surface area contributed by atoms with Gasteiger partial charge in [0, 0.05) is 28.6 Å². The van der Waals surface area contributed by atoms with Crippen LogP contribution in [0.4, 0.5) is 5.69 Å². The average molecular weight is 393 g/mol. The minimum Gasteiger partial charge on any atom is -0.497 e. The topological polar surface area (TPSA) is 98.3 Å². The summed E-state index contributed by atoms with van der Waals surface area (Å²) in [5.41, 5.74) is 2.48. The predicted octanol–water partition coefficient (Wildman–Crippen LogP) is 4.80. The summed E-state index contributed by atoms with van der Waals surface area (Å²) in [5.74, 6) is 1.26. The second-order valence-electron chi connectivity index (χ2n) is 5.62. The fourth-order valence-corrected chi connectivity index (χ4v) is 3.33. The molecule has 0 fully saturated rings. The number of ether oxygens (including phenoxy) is 2. The van der Waals surface area contributed by atoms with Crippen LogP contribution in [0.3, 0.4) is 0 Å². The number of nitrogens with zero attached hydrogens (tertiary/aromatic N) is 3. The Bertz CT molecular complexity index is 1080. The van der Waals surface area contributed by atoms with Crippen molar-refractivity contribution in [3.05, 3.63) is 68.5 Å². The molecule has 0 atom stereocenters. The van der Waals surface area contributed by atoms with Gasteiger partial charge in [-0.05, 0) is 36.4 Å². The number of nitro groups is 1. The Labute approximate surface area is 165 Å². The molecule has 0 aliphatic heterocycles. The lowest BCUT2D eigenvalue weighted by Gasteiger charge is -2.07. The molecule has 0 amide bonds. The zero-order chi connectivity index (χ0) is 20.1. The van der Waals surface area contributed by atoms with E-state index in [1.54, 1.807) is 50.6 Å². The number of thiazole rings is 1. The van der Waals surface area contributed by atoms with Crippen LogP contribution in [0.15, 0.2) is 47.8 Å². The first kappa shape index (κ1) is 19.1. The zero-order valence-corrected chi connectivity index (χ0v) is 15.9. The first-order valence-corrected chi connectivity index (χ1v) is 8.98. The molecule has 0 aliphatic rings. The number of methoxy groups -OCH3 is 2. The van der Waals surface area contributed by atoms with E-state index in [9.17, 15) is 15.4 Å². The third-order valence-corrected chi connectivity index (χ3v) is 4.84. The molecular formula is C20H15N3O4S. The summed E-state index contributed by atoms with van der Waals surface area (Å²) in [6, 6.07) is 13.6. The van der Waals surface area contributed by atoms with Crippen LogP contribution in [-0.2, 0) is 0 Å². The van der Waals surface area contributed by atoms with E-state index in [-0.39, 0.29) is 5.69 Å². The molecule has 0 saturated heterocycles. The molecule has 0 N–H and O–H groups in total. The molecule has 140 valence electrons. The molecule has 3 aromatic rings. The van der Waals surface area contributed by atoms with Gasteiger partial charge in [0.15, 0.2) is 0 Å². The first-order chi connectivity index (χ1) is 13.5. The van der Waals surface area contributed by atoms with E-state index in [1.807, 2.05) is 5.38 Å². The largest absolute Gasteiger partial charge is 0.497 e. The summed E-state index contributed by atoms with van der Waals surface area (Å²) in [5, 5.41) is 22.7. The van der Waals surface area contributed by atoms with Gasteiger partial charge in [-0.25, -0.2) is 4.98 Å². The molecule has 1 heterocycles. The summed E-state index contributed by atoms with van der Waals surface area (Å²) in [6.45, 7) is 0. The Morgan fingerprint density at radius 2 is 1.96 bits per heavy atom. The van der Waals surface area contributed by atoms with E-state index in [0.29, 0.717) is 33.3 Å². The van der Waals surface area contributed by atoms with Gasteiger partial charge in [0.05, 0.1) is 30.4 Å². The van der Waals surface area contributed by atoms with Gasteiger partial charge < -0.3 is 9.47 Å². The molecule has 8 heteroatoms. The molecule has 0 bridgehead atoms. The predicted molar refractivity (Wildman–Crippen MR) is 107 cm³/mol. The van der Waals surface area contributed by atoms with Crippen LogP contribution in [0.2, 0.25) is 0 Å². The van der Waals surface area contributed by atoms with Crippen molar-refractivity contribution in [3.8, 4) is 28.8 Å². The van der Waals surface area contributed by atoms with E-state index >= 15 is 0 Å². The molecule has 2 aromatic carbocycles. The molecular weight excluding hydrogens is 378 g/mol. The molecule has 0 radical (unpaired) electrons. The van der Waals surface area contributed by atoms with E-state index in [2.05, 4.69) is 11.1 Å². The number of benzene rings is 2. The Morgan fingerprint density at radius 1 is 1.21 bits per heavy atom. The highest BCUT2D eigenvalue weighted by atomic mass is 32.1. The van der Waals surface area contributed by atoms with Crippen LogP contribution in [0.1, 0.15) is 10.6 Å². The Balaban J connectivity index is 1.96. The van der Waals surface area contributed by atoms with E-state index < -0.39 is 4.92 Å². The Hall–Kier alpha value is -3.70. The molecule has 0 saturated carbocycles. The van der Waals surface area contributed by atoms with E-state index in [4.69, 9.17) is 9.47 Å². The van der Waals surface area contributed by atoms with Crippen molar-refractivity contribution in [1.82, 2.24) is 4.98 Å². The molecule has 0 aliphatic carbocycles. The van der Waals surface area contributed by atoms with Crippen LogP contribution < -0.4 is 9.47 Å². The van der Waals surface area contributed by atoms with Gasteiger partial charge >= 0.3 is 0 Å². The number of aromatic nitrogens is 1. The lowest BCUT2D eigenvalue weighted by atomic mass is 10.1. The lowest BCUT2D eigenvalue weighted by Crippen LogP contribution is -1.90. The number of non-ortho nitro benzene ring substituents is 1.